The van der Waals surface area contributed by atoms with Crippen molar-refractivity contribution in [1.29, 1.82) is 0 Å². The third kappa shape index (κ3) is 6.82. The fourth-order valence-electron chi connectivity index (χ4n) is 7.70. The van der Waals surface area contributed by atoms with E-state index in [-0.39, 0.29) is 31.9 Å². The van der Waals surface area contributed by atoms with Crippen molar-refractivity contribution in [2.45, 2.75) is 49.3 Å². The SMILES string of the molecule is O=C(NC1(C(=O)NC2(C(=O)O)CCN(Cc3ccccc3)CC2)CCN(Cc2ccccc2)C1)OCC1c2ccccc2-c2ccccc21. The Bertz CT molecular complexity index is 1760. The average molecular weight is 659 g/mol. The first-order valence-electron chi connectivity index (χ1n) is 17.1. The van der Waals surface area contributed by atoms with Gasteiger partial charge < -0.3 is 20.5 Å². The quantitative estimate of drug-likeness (QED) is 0.209. The fraction of sp³-hybridized carbons (Fsp3) is 0.325. The molecule has 1 aliphatic carbocycles. The van der Waals surface area contributed by atoms with Crippen LogP contribution >= 0.6 is 0 Å². The number of carboxylic acids is 1. The first kappa shape index (κ1) is 32.6. The van der Waals surface area contributed by atoms with Gasteiger partial charge in [-0.1, -0.05) is 109 Å². The van der Waals surface area contributed by atoms with Gasteiger partial charge in [0.25, 0.3) is 0 Å². The molecule has 1 atom stereocenters. The van der Waals surface area contributed by atoms with Crippen LogP contribution in [0.4, 0.5) is 4.79 Å². The Balaban J connectivity index is 1.07. The summed E-state index contributed by atoms with van der Waals surface area (Å²) in [5.74, 6) is -1.68. The highest BCUT2D eigenvalue weighted by molar-refractivity contribution is 5.95. The lowest BCUT2D eigenvalue weighted by Crippen LogP contribution is -2.68. The Labute approximate surface area is 286 Å². The molecule has 2 fully saturated rings. The molecule has 49 heavy (non-hydrogen) atoms. The first-order chi connectivity index (χ1) is 23.8. The van der Waals surface area contributed by atoms with Crippen LogP contribution in [0.15, 0.2) is 109 Å². The summed E-state index contributed by atoms with van der Waals surface area (Å²) in [6.45, 7) is 3.25. The molecule has 4 aromatic rings. The van der Waals surface area contributed by atoms with E-state index in [1.807, 2.05) is 72.8 Å². The van der Waals surface area contributed by atoms with Gasteiger partial charge in [0.05, 0.1) is 0 Å². The number of likely N-dealkylation sites (tertiary alicyclic amines) is 2. The van der Waals surface area contributed by atoms with E-state index in [0.29, 0.717) is 39.1 Å². The van der Waals surface area contributed by atoms with Gasteiger partial charge in [0.15, 0.2) is 0 Å². The normalized spacial score (nSPS) is 20.2. The Hall–Kier alpha value is -4.99. The van der Waals surface area contributed by atoms with Crippen molar-refractivity contribution in [1.82, 2.24) is 20.4 Å². The van der Waals surface area contributed by atoms with E-state index >= 15 is 0 Å². The molecule has 0 radical (unpaired) electrons. The molecular weight excluding hydrogens is 616 g/mol. The molecule has 0 bridgehead atoms. The lowest BCUT2D eigenvalue weighted by Gasteiger charge is -2.41. The van der Waals surface area contributed by atoms with Crippen molar-refractivity contribution in [3.8, 4) is 11.1 Å². The zero-order chi connectivity index (χ0) is 33.8. The molecule has 9 heteroatoms. The van der Waals surface area contributed by atoms with Crippen LogP contribution < -0.4 is 10.6 Å². The molecule has 3 N–H and O–H groups in total. The van der Waals surface area contributed by atoms with Crippen molar-refractivity contribution in [3.05, 3.63) is 131 Å². The van der Waals surface area contributed by atoms with E-state index in [4.69, 9.17) is 4.74 Å². The van der Waals surface area contributed by atoms with E-state index in [1.54, 1.807) is 0 Å². The van der Waals surface area contributed by atoms with Gasteiger partial charge >= 0.3 is 12.1 Å². The number of hydrogen-bond acceptors (Lipinski definition) is 6. The Morgan fingerprint density at radius 2 is 1.14 bits per heavy atom. The average Bonchev–Trinajstić information content (AvgIpc) is 3.68. The summed E-state index contributed by atoms with van der Waals surface area (Å²) in [6.07, 6.45) is 0.150. The van der Waals surface area contributed by atoms with E-state index < -0.39 is 29.0 Å². The van der Waals surface area contributed by atoms with Gasteiger partial charge in [-0.2, -0.15) is 0 Å². The second-order valence-corrected chi connectivity index (χ2v) is 13.6. The second-order valence-electron chi connectivity index (χ2n) is 13.6. The standard InChI is InChI=1S/C40H42N4O5/c45-36(41-39(37(46)47)19-22-43(23-20-39)25-29-11-3-1-4-12-29)40(21-24-44(28-40)26-30-13-5-2-6-14-30)42-38(48)49-27-35-33-17-9-7-15-31(33)32-16-8-10-18-34(32)35/h1-18,35H,19-28H2,(H,41,45)(H,42,48)(H,46,47). The Kier molecular flexibility index (Phi) is 9.21. The minimum atomic E-state index is -1.44. The predicted molar refractivity (Wildman–Crippen MR) is 187 cm³/mol. The Morgan fingerprint density at radius 3 is 1.71 bits per heavy atom. The number of benzene rings is 4. The predicted octanol–water partition coefficient (Wildman–Crippen LogP) is 5.41. The smallest absolute Gasteiger partial charge is 0.408 e. The lowest BCUT2D eigenvalue weighted by atomic mass is 9.85. The summed E-state index contributed by atoms with van der Waals surface area (Å²) in [5.41, 5.74) is 3.90. The maximum absolute atomic E-state index is 14.4. The second kappa shape index (κ2) is 13.9. The van der Waals surface area contributed by atoms with Crippen LogP contribution in [-0.2, 0) is 27.4 Å². The van der Waals surface area contributed by atoms with Crippen LogP contribution in [0.2, 0.25) is 0 Å². The van der Waals surface area contributed by atoms with Crippen molar-refractivity contribution in [2.24, 2.45) is 0 Å². The van der Waals surface area contributed by atoms with Crippen molar-refractivity contribution in [2.75, 3.05) is 32.8 Å². The molecule has 2 saturated heterocycles. The number of carbonyl (C=O) groups excluding carboxylic acids is 2. The third-order valence-corrected chi connectivity index (χ3v) is 10.4. The Morgan fingerprint density at radius 1 is 0.653 bits per heavy atom. The number of alkyl carbamates (subject to hydrolysis) is 1. The van der Waals surface area contributed by atoms with Crippen LogP contribution in [0.3, 0.4) is 0 Å². The molecule has 0 saturated carbocycles. The number of hydrogen-bond donors (Lipinski definition) is 3. The van der Waals surface area contributed by atoms with E-state index in [2.05, 4.69) is 56.8 Å². The summed E-state index contributed by atoms with van der Waals surface area (Å²) >= 11 is 0. The highest BCUT2D eigenvalue weighted by atomic mass is 16.5. The lowest BCUT2D eigenvalue weighted by molar-refractivity contribution is -0.151. The van der Waals surface area contributed by atoms with Gasteiger partial charge in [0, 0.05) is 45.2 Å². The number of ether oxygens (including phenoxy) is 1. The number of carbonyl (C=O) groups is 3. The molecule has 9 nitrogen and oxygen atoms in total. The van der Waals surface area contributed by atoms with Crippen LogP contribution in [0.25, 0.3) is 11.1 Å². The van der Waals surface area contributed by atoms with Crippen molar-refractivity contribution in [3.63, 3.8) is 0 Å². The van der Waals surface area contributed by atoms with Gasteiger partial charge in [-0.25, -0.2) is 9.59 Å². The molecule has 7 rings (SSSR count). The maximum Gasteiger partial charge on any atom is 0.408 e. The monoisotopic (exact) mass is 658 g/mol. The fourth-order valence-corrected chi connectivity index (χ4v) is 7.70. The zero-order valence-corrected chi connectivity index (χ0v) is 27.5. The number of nitrogens with one attached hydrogen (secondary N) is 2. The van der Waals surface area contributed by atoms with Crippen molar-refractivity contribution < 1.29 is 24.2 Å². The van der Waals surface area contributed by atoms with Crippen molar-refractivity contribution >= 4 is 18.0 Å². The minimum absolute atomic E-state index is 0.113. The minimum Gasteiger partial charge on any atom is -0.480 e. The first-order valence-corrected chi connectivity index (χ1v) is 17.1. The summed E-state index contributed by atoms with van der Waals surface area (Å²) in [7, 11) is 0. The molecule has 2 amide bonds. The topological polar surface area (TPSA) is 111 Å². The number of fused-ring (bicyclic) bond motifs is 3. The zero-order valence-electron chi connectivity index (χ0n) is 27.5. The van der Waals surface area contributed by atoms with E-state index in [1.165, 1.54) is 0 Å². The number of aliphatic carboxylic acids is 1. The third-order valence-electron chi connectivity index (χ3n) is 10.4. The molecule has 0 spiro atoms. The number of piperidine rings is 1. The van der Waals surface area contributed by atoms with E-state index in [9.17, 15) is 19.5 Å². The van der Waals surface area contributed by atoms with Crippen LogP contribution in [0.5, 0.6) is 0 Å². The summed E-state index contributed by atoms with van der Waals surface area (Å²) in [6, 6.07) is 36.3. The van der Waals surface area contributed by atoms with E-state index in [0.717, 1.165) is 33.4 Å². The molecule has 1 unspecified atom stereocenters. The molecule has 0 aromatic heterocycles. The summed E-state index contributed by atoms with van der Waals surface area (Å²) in [5, 5.41) is 16.4. The van der Waals surface area contributed by atoms with Crippen LogP contribution in [-0.4, -0.2) is 76.7 Å². The highest BCUT2D eigenvalue weighted by Gasteiger charge is 2.51. The van der Waals surface area contributed by atoms with Gasteiger partial charge in [0.2, 0.25) is 5.91 Å². The number of rotatable bonds is 10. The summed E-state index contributed by atoms with van der Waals surface area (Å²) in [4.78, 5) is 45.1. The molecule has 4 aromatic carbocycles. The number of carboxylic acid groups (broad SMARTS) is 1. The summed E-state index contributed by atoms with van der Waals surface area (Å²) < 4.78 is 5.89. The highest BCUT2D eigenvalue weighted by Crippen LogP contribution is 2.44. The maximum atomic E-state index is 14.4. The van der Waals surface area contributed by atoms with Crippen LogP contribution in [0.1, 0.15) is 47.4 Å². The van der Waals surface area contributed by atoms with Gasteiger partial charge in [0.1, 0.15) is 17.7 Å². The molecule has 2 aliphatic heterocycles. The molecule has 3 aliphatic rings. The van der Waals surface area contributed by atoms with Gasteiger partial charge in [-0.15, -0.1) is 0 Å². The molecule has 252 valence electrons. The van der Waals surface area contributed by atoms with Gasteiger partial charge in [-0.05, 0) is 52.6 Å². The molecule has 2 heterocycles. The largest absolute Gasteiger partial charge is 0.480 e. The van der Waals surface area contributed by atoms with Gasteiger partial charge in [-0.3, -0.25) is 14.6 Å². The molecular formula is C40H42N4O5. The van der Waals surface area contributed by atoms with Crippen LogP contribution in [0, 0.1) is 0 Å². The number of nitrogens with zero attached hydrogens (tertiary/aromatic N) is 2. The number of amides is 2.